The van der Waals surface area contributed by atoms with Crippen LogP contribution in [0, 0.1) is 0 Å². The van der Waals surface area contributed by atoms with Crippen LogP contribution in [0.5, 0.6) is 0 Å². The van der Waals surface area contributed by atoms with E-state index >= 15 is 0 Å². The number of sulfonamides is 1. The van der Waals surface area contributed by atoms with Gasteiger partial charge in [-0.2, -0.15) is 4.31 Å². The number of likely N-dealkylation sites (N-methyl/N-ethyl adjacent to an activating group) is 1. The van der Waals surface area contributed by atoms with Crippen molar-refractivity contribution in [3.8, 4) is 0 Å². The molecule has 1 unspecified atom stereocenters. The van der Waals surface area contributed by atoms with Gasteiger partial charge < -0.3 is 14.4 Å². The molecule has 0 aromatic rings. The van der Waals surface area contributed by atoms with E-state index in [0.29, 0.717) is 19.8 Å². The summed E-state index contributed by atoms with van der Waals surface area (Å²) in [7, 11) is -1.94. The van der Waals surface area contributed by atoms with Gasteiger partial charge in [-0.05, 0) is 19.3 Å². The highest BCUT2D eigenvalue weighted by molar-refractivity contribution is 7.88. The van der Waals surface area contributed by atoms with Gasteiger partial charge in [0.15, 0.2) is 6.29 Å². The van der Waals surface area contributed by atoms with Crippen molar-refractivity contribution in [2.45, 2.75) is 31.6 Å². The lowest BCUT2D eigenvalue weighted by atomic mass is 10.0. The highest BCUT2D eigenvalue weighted by atomic mass is 32.2. The minimum absolute atomic E-state index is 0.105. The molecule has 7 nitrogen and oxygen atoms in total. The number of nitrogens with zero attached hydrogens (tertiary/aromatic N) is 2. The van der Waals surface area contributed by atoms with Gasteiger partial charge in [-0.3, -0.25) is 4.79 Å². The van der Waals surface area contributed by atoms with Crippen molar-refractivity contribution in [2.75, 3.05) is 39.6 Å². The second-order valence-electron chi connectivity index (χ2n) is 5.28. The molecule has 0 radical (unpaired) electrons. The molecule has 0 bridgehead atoms. The fraction of sp³-hybridized carbons (Fsp3) is 0.917. The van der Waals surface area contributed by atoms with Crippen molar-refractivity contribution in [3.05, 3.63) is 0 Å². The molecule has 2 rings (SSSR count). The number of hydrogen-bond donors (Lipinski definition) is 0. The van der Waals surface area contributed by atoms with Gasteiger partial charge in [0, 0.05) is 13.6 Å². The SMILES string of the molecule is CN(CC(=O)N1CCCCC1C1OCCO1)S(C)(=O)=O. The zero-order valence-electron chi connectivity index (χ0n) is 11.9. The number of rotatable bonds is 4. The molecule has 1 atom stereocenters. The van der Waals surface area contributed by atoms with Gasteiger partial charge in [-0.1, -0.05) is 0 Å². The molecule has 116 valence electrons. The number of amides is 1. The zero-order valence-corrected chi connectivity index (χ0v) is 12.8. The summed E-state index contributed by atoms with van der Waals surface area (Å²) in [5, 5.41) is 0. The summed E-state index contributed by atoms with van der Waals surface area (Å²) in [6.45, 7) is 1.59. The van der Waals surface area contributed by atoms with E-state index in [-0.39, 0.29) is 24.8 Å². The van der Waals surface area contributed by atoms with E-state index in [1.165, 1.54) is 7.05 Å². The molecule has 0 aromatic carbocycles. The molecular weight excluding hydrogens is 284 g/mol. The summed E-state index contributed by atoms with van der Waals surface area (Å²) in [6.07, 6.45) is 3.51. The Morgan fingerprint density at radius 1 is 1.30 bits per heavy atom. The monoisotopic (exact) mass is 306 g/mol. The van der Waals surface area contributed by atoms with Crippen molar-refractivity contribution in [2.24, 2.45) is 0 Å². The van der Waals surface area contributed by atoms with Gasteiger partial charge in [0.25, 0.3) is 0 Å². The zero-order chi connectivity index (χ0) is 14.8. The lowest BCUT2D eigenvalue weighted by Gasteiger charge is -2.38. The van der Waals surface area contributed by atoms with Crippen LogP contribution in [0.1, 0.15) is 19.3 Å². The maximum absolute atomic E-state index is 12.3. The van der Waals surface area contributed by atoms with E-state index in [2.05, 4.69) is 0 Å². The first-order valence-corrected chi connectivity index (χ1v) is 8.68. The molecule has 2 fully saturated rings. The molecule has 20 heavy (non-hydrogen) atoms. The van der Waals surface area contributed by atoms with Crippen LogP contribution in [0.3, 0.4) is 0 Å². The Labute approximate surface area is 119 Å². The van der Waals surface area contributed by atoms with E-state index < -0.39 is 10.0 Å². The van der Waals surface area contributed by atoms with Gasteiger partial charge in [-0.15, -0.1) is 0 Å². The number of ether oxygens (including phenoxy) is 2. The first kappa shape index (κ1) is 15.7. The number of likely N-dealkylation sites (tertiary alicyclic amines) is 1. The standard InChI is InChI=1S/C12H22N2O5S/c1-13(20(2,16)17)9-11(15)14-6-4-3-5-10(14)12-18-7-8-19-12/h10,12H,3-9H2,1-2H3. The summed E-state index contributed by atoms with van der Waals surface area (Å²) >= 11 is 0. The van der Waals surface area contributed by atoms with Crippen LogP contribution in [-0.2, 0) is 24.3 Å². The van der Waals surface area contributed by atoms with E-state index in [4.69, 9.17) is 9.47 Å². The molecule has 0 aromatic heterocycles. The molecule has 8 heteroatoms. The fourth-order valence-electron chi connectivity index (χ4n) is 2.55. The Bertz CT molecular complexity index is 447. The third-order valence-electron chi connectivity index (χ3n) is 3.76. The Hall–Kier alpha value is -0.700. The number of piperidine rings is 1. The van der Waals surface area contributed by atoms with E-state index in [1.54, 1.807) is 4.90 Å². The van der Waals surface area contributed by atoms with Crippen molar-refractivity contribution < 1.29 is 22.7 Å². The molecular formula is C12H22N2O5S. The smallest absolute Gasteiger partial charge is 0.238 e. The van der Waals surface area contributed by atoms with Crippen molar-refractivity contribution >= 4 is 15.9 Å². The first-order chi connectivity index (χ1) is 9.39. The third-order valence-corrected chi connectivity index (χ3v) is 5.02. The normalized spacial score (nSPS) is 25.4. The molecule has 2 saturated heterocycles. The highest BCUT2D eigenvalue weighted by Crippen LogP contribution is 2.24. The average Bonchev–Trinajstić information content (AvgIpc) is 2.91. The van der Waals surface area contributed by atoms with Crippen molar-refractivity contribution in [3.63, 3.8) is 0 Å². The minimum Gasteiger partial charge on any atom is -0.348 e. The quantitative estimate of drug-likeness (QED) is 0.708. The van der Waals surface area contributed by atoms with Crippen LogP contribution < -0.4 is 0 Å². The lowest BCUT2D eigenvalue weighted by Crippen LogP contribution is -2.52. The first-order valence-electron chi connectivity index (χ1n) is 6.83. The van der Waals surface area contributed by atoms with Gasteiger partial charge in [0.1, 0.15) is 0 Å². The Balaban J connectivity index is 2.01. The lowest BCUT2D eigenvalue weighted by molar-refractivity contribution is -0.150. The molecule has 2 heterocycles. The fourth-order valence-corrected chi connectivity index (χ4v) is 2.89. The molecule has 2 aliphatic rings. The molecule has 0 saturated carbocycles. The van der Waals surface area contributed by atoms with Gasteiger partial charge >= 0.3 is 0 Å². The van der Waals surface area contributed by atoms with Crippen LogP contribution in [-0.4, -0.2) is 75.5 Å². The molecule has 1 amide bonds. The van der Waals surface area contributed by atoms with Crippen LogP contribution in [0.2, 0.25) is 0 Å². The largest absolute Gasteiger partial charge is 0.348 e. The van der Waals surface area contributed by atoms with Crippen LogP contribution >= 0.6 is 0 Å². The van der Waals surface area contributed by atoms with Gasteiger partial charge in [0.05, 0.1) is 32.1 Å². The van der Waals surface area contributed by atoms with Crippen molar-refractivity contribution in [1.29, 1.82) is 0 Å². The molecule has 0 N–H and O–H groups in total. The van der Waals surface area contributed by atoms with Gasteiger partial charge in [-0.25, -0.2) is 8.42 Å². The second-order valence-corrected chi connectivity index (χ2v) is 7.37. The number of hydrogen-bond acceptors (Lipinski definition) is 5. The summed E-state index contributed by atoms with van der Waals surface area (Å²) in [4.78, 5) is 14.0. The van der Waals surface area contributed by atoms with Crippen molar-refractivity contribution in [1.82, 2.24) is 9.21 Å². The van der Waals surface area contributed by atoms with E-state index in [9.17, 15) is 13.2 Å². The maximum Gasteiger partial charge on any atom is 0.238 e. The molecule has 0 aliphatic carbocycles. The Morgan fingerprint density at radius 2 is 1.95 bits per heavy atom. The number of carbonyl (C=O) groups excluding carboxylic acids is 1. The summed E-state index contributed by atoms with van der Waals surface area (Å²) in [6, 6.07) is -0.105. The maximum atomic E-state index is 12.3. The predicted octanol–water partition coefficient (Wildman–Crippen LogP) is -0.368. The van der Waals surface area contributed by atoms with Crippen LogP contribution in [0.4, 0.5) is 0 Å². The van der Waals surface area contributed by atoms with Crippen LogP contribution in [0.25, 0.3) is 0 Å². The highest BCUT2D eigenvalue weighted by Gasteiger charge is 2.36. The van der Waals surface area contributed by atoms with Crippen LogP contribution in [0.15, 0.2) is 0 Å². The summed E-state index contributed by atoms with van der Waals surface area (Å²) < 4.78 is 34.8. The Kier molecular flexibility index (Phi) is 5.00. The van der Waals surface area contributed by atoms with E-state index in [1.807, 2.05) is 0 Å². The second kappa shape index (κ2) is 6.38. The molecule has 0 spiro atoms. The predicted molar refractivity (Wildman–Crippen MR) is 72.5 cm³/mol. The molecule has 2 aliphatic heterocycles. The van der Waals surface area contributed by atoms with Gasteiger partial charge in [0.2, 0.25) is 15.9 Å². The number of carbonyl (C=O) groups is 1. The van der Waals surface area contributed by atoms with E-state index in [0.717, 1.165) is 29.8 Å². The topological polar surface area (TPSA) is 76.2 Å². The summed E-state index contributed by atoms with van der Waals surface area (Å²) in [5.74, 6) is -0.193. The third kappa shape index (κ3) is 3.69. The Morgan fingerprint density at radius 3 is 2.55 bits per heavy atom. The minimum atomic E-state index is -3.35. The summed E-state index contributed by atoms with van der Waals surface area (Å²) in [5.41, 5.74) is 0. The average molecular weight is 306 g/mol.